The number of carboxylic acid groups (broad SMARTS) is 1. The Morgan fingerprint density at radius 1 is 1.47 bits per heavy atom. The Morgan fingerprint density at radius 2 is 2.32 bits per heavy atom. The number of hydrogen-bond acceptors (Lipinski definition) is 4. The zero-order chi connectivity index (χ0) is 13.4. The summed E-state index contributed by atoms with van der Waals surface area (Å²) in [6.07, 6.45) is 3.67. The minimum absolute atomic E-state index is 0.0835. The number of anilines is 1. The van der Waals surface area contributed by atoms with E-state index in [0.717, 1.165) is 19.4 Å². The molecule has 3 heterocycles. The average molecular weight is 260 g/mol. The highest BCUT2D eigenvalue weighted by Gasteiger charge is 2.26. The van der Waals surface area contributed by atoms with Gasteiger partial charge in [0.1, 0.15) is 5.65 Å². The number of fused-ring (bicyclic) bond motifs is 1. The maximum absolute atomic E-state index is 11.5. The molecule has 3 N–H and O–H groups in total. The van der Waals surface area contributed by atoms with Gasteiger partial charge in [0.25, 0.3) is 0 Å². The van der Waals surface area contributed by atoms with Crippen LogP contribution in [-0.4, -0.2) is 39.6 Å². The molecule has 0 bridgehead atoms. The number of imidazole rings is 1. The smallest absolute Gasteiger partial charge is 0.356 e. The molecule has 100 valence electrons. The van der Waals surface area contributed by atoms with Crippen LogP contribution in [0.1, 0.15) is 23.3 Å². The molecular formula is C13H16N4O2. The van der Waals surface area contributed by atoms with Crippen LogP contribution >= 0.6 is 0 Å². The molecule has 19 heavy (non-hydrogen) atoms. The van der Waals surface area contributed by atoms with E-state index in [1.165, 1.54) is 0 Å². The van der Waals surface area contributed by atoms with E-state index in [1.54, 1.807) is 22.7 Å². The summed E-state index contributed by atoms with van der Waals surface area (Å²) in [5.41, 5.74) is 6.82. The van der Waals surface area contributed by atoms with Crippen molar-refractivity contribution in [1.29, 1.82) is 0 Å². The van der Waals surface area contributed by atoms with Crippen LogP contribution in [0.15, 0.2) is 24.4 Å². The molecule has 1 atom stereocenters. The number of nitrogens with two attached hydrogens (primary N) is 1. The van der Waals surface area contributed by atoms with E-state index in [-0.39, 0.29) is 11.7 Å². The zero-order valence-electron chi connectivity index (χ0n) is 10.5. The van der Waals surface area contributed by atoms with Gasteiger partial charge in [-0.05, 0) is 25.0 Å². The maximum atomic E-state index is 11.5. The molecule has 3 rings (SSSR count). The summed E-state index contributed by atoms with van der Waals surface area (Å²) in [7, 11) is 0. The molecule has 0 aromatic carbocycles. The van der Waals surface area contributed by atoms with Gasteiger partial charge < -0.3 is 15.7 Å². The Morgan fingerprint density at radius 3 is 3.05 bits per heavy atom. The second kappa shape index (κ2) is 4.55. The Kier molecular flexibility index (Phi) is 2.87. The predicted octanol–water partition coefficient (Wildman–Crippen LogP) is 0.960. The molecule has 0 amide bonds. The van der Waals surface area contributed by atoms with Gasteiger partial charge in [-0.3, -0.25) is 4.40 Å². The first-order valence-corrected chi connectivity index (χ1v) is 6.37. The number of piperidine rings is 1. The lowest BCUT2D eigenvalue weighted by Crippen LogP contribution is -2.43. The van der Waals surface area contributed by atoms with E-state index in [0.29, 0.717) is 18.0 Å². The van der Waals surface area contributed by atoms with E-state index in [1.807, 2.05) is 11.0 Å². The van der Waals surface area contributed by atoms with Gasteiger partial charge in [0, 0.05) is 25.3 Å². The number of carboxylic acids is 1. The van der Waals surface area contributed by atoms with Crippen LogP contribution in [0.5, 0.6) is 0 Å². The number of hydrogen-bond donors (Lipinski definition) is 2. The van der Waals surface area contributed by atoms with Crippen molar-refractivity contribution in [2.24, 2.45) is 5.73 Å². The first-order valence-electron chi connectivity index (χ1n) is 6.37. The van der Waals surface area contributed by atoms with Crippen LogP contribution in [0.3, 0.4) is 0 Å². The normalized spacial score (nSPS) is 19.8. The molecular weight excluding hydrogens is 244 g/mol. The molecule has 2 aromatic rings. The first kappa shape index (κ1) is 12.0. The highest BCUT2D eigenvalue weighted by Crippen LogP contribution is 2.24. The fourth-order valence-electron chi connectivity index (χ4n) is 2.60. The van der Waals surface area contributed by atoms with Crippen molar-refractivity contribution in [3.05, 3.63) is 30.1 Å². The number of carbonyl (C=O) groups is 1. The Bertz CT molecular complexity index is 622. The Labute approximate surface area is 110 Å². The van der Waals surface area contributed by atoms with Gasteiger partial charge in [-0.25, -0.2) is 9.78 Å². The van der Waals surface area contributed by atoms with Gasteiger partial charge in [0.2, 0.25) is 0 Å². The Hall–Kier alpha value is -2.08. The molecule has 0 spiro atoms. The SMILES string of the molecule is NC1CCCN(c2nc3ccccn3c2C(=O)O)C1. The number of pyridine rings is 1. The summed E-state index contributed by atoms with van der Waals surface area (Å²) >= 11 is 0. The third-order valence-electron chi connectivity index (χ3n) is 3.47. The van der Waals surface area contributed by atoms with Crippen molar-refractivity contribution in [2.75, 3.05) is 18.0 Å². The first-order chi connectivity index (χ1) is 9.16. The summed E-state index contributed by atoms with van der Waals surface area (Å²) in [6.45, 7) is 1.46. The van der Waals surface area contributed by atoms with E-state index in [2.05, 4.69) is 4.98 Å². The van der Waals surface area contributed by atoms with Crippen LogP contribution in [0.4, 0.5) is 5.82 Å². The van der Waals surface area contributed by atoms with E-state index in [4.69, 9.17) is 5.73 Å². The Balaban J connectivity index is 2.11. The average Bonchev–Trinajstić information content (AvgIpc) is 2.78. The van der Waals surface area contributed by atoms with E-state index >= 15 is 0 Å². The third-order valence-corrected chi connectivity index (χ3v) is 3.47. The lowest BCUT2D eigenvalue weighted by Gasteiger charge is -2.31. The van der Waals surface area contributed by atoms with Gasteiger partial charge in [0.05, 0.1) is 0 Å². The molecule has 1 unspecified atom stereocenters. The molecule has 0 saturated carbocycles. The monoisotopic (exact) mass is 260 g/mol. The number of nitrogens with zero attached hydrogens (tertiary/aromatic N) is 3. The largest absolute Gasteiger partial charge is 0.476 e. The highest BCUT2D eigenvalue weighted by atomic mass is 16.4. The van der Waals surface area contributed by atoms with E-state index in [9.17, 15) is 9.90 Å². The van der Waals surface area contributed by atoms with Crippen molar-refractivity contribution in [1.82, 2.24) is 9.38 Å². The second-order valence-corrected chi connectivity index (χ2v) is 4.87. The fourth-order valence-corrected chi connectivity index (χ4v) is 2.60. The molecule has 2 aromatic heterocycles. The van der Waals surface area contributed by atoms with Crippen LogP contribution in [0, 0.1) is 0 Å². The molecule has 6 nitrogen and oxygen atoms in total. The van der Waals surface area contributed by atoms with Crippen molar-refractivity contribution in [3.8, 4) is 0 Å². The molecule has 6 heteroatoms. The van der Waals surface area contributed by atoms with Gasteiger partial charge >= 0.3 is 5.97 Å². The second-order valence-electron chi connectivity index (χ2n) is 4.87. The van der Waals surface area contributed by atoms with Crippen LogP contribution in [0.25, 0.3) is 5.65 Å². The fraction of sp³-hybridized carbons (Fsp3) is 0.385. The minimum Gasteiger partial charge on any atom is -0.476 e. The molecule has 0 aliphatic carbocycles. The summed E-state index contributed by atoms with van der Waals surface area (Å²) in [6, 6.07) is 5.53. The molecule has 1 aliphatic heterocycles. The highest BCUT2D eigenvalue weighted by molar-refractivity contribution is 5.93. The van der Waals surface area contributed by atoms with Crippen molar-refractivity contribution >= 4 is 17.4 Å². The zero-order valence-corrected chi connectivity index (χ0v) is 10.5. The van der Waals surface area contributed by atoms with Gasteiger partial charge in [-0.1, -0.05) is 6.07 Å². The van der Waals surface area contributed by atoms with Crippen LogP contribution in [-0.2, 0) is 0 Å². The molecule has 1 fully saturated rings. The third kappa shape index (κ3) is 2.04. The van der Waals surface area contributed by atoms with Gasteiger partial charge in [-0.2, -0.15) is 0 Å². The summed E-state index contributed by atoms with van der Waals surface area (Å²) in [5.74, 6) is -0.443. The van der Waals surface area contributed by atoms with E-state index < -0.39 is 5.97 Å². The standard InChI is InChI=1S/C13H16N4O2/c14-9-4-3-6-16(8-9)12-11(13(18)19)17-7-2-1-5-10(17)15-12/h1-2,5,7,9H,3-4,6,8,14H2,(H,18,19). The van der Waals surface area contributed by atoms with Crippen molar-refractivity contribution in [2.45, 2.75) is 18.9 Å². The van der Waals surface area contributed by atoms with Gasteiger partial charge in [-0.15, -0.1) is 0 Å². The van der Waals surface area contributed by atoms with Crippen LogP contribution in [0.2, 0.25) is 0 Å². The summed E-state index contributed by atoms with van der Waals surface area (Å²) in [5, 5.41) is 9.43. The predicted molar refractivity (Wildman–Crippen MR) is 71.6 cm³/mol. The quantitative estimate of drug-likeness (QED) is 0.840. The lowest BCUT2D eigenvalue weighted by molar-refractivity contribution is 0.0690. The van der Waals surface area contributed by atoms with Crippen molar-refractivity contribution in [3.63, 3.8) is 0 Å². The van der Waals surface area contributed by atoms with Crippen molar-refractivity contribution < 1.29 is 9.90 Å². The topological polar surface area (TPSA) is 83.9 Å². The number of aromatic nitrogens is 2. The number of rotatable bonds is 2. The lowest BCUT2D eigenvalue weighted by atomic mass is 10.1. The summed E-state index contributed by atoms with van der Waals surface area (Å²) in [4.78, 5) is 17.9. The van der Waals surface area contributed by atoms with Gasteiger partial charge in [0.15, 0.2) is 11.5 Å². The molecule has 1 saturated heterocycles. The molecule has 1 aliphatic rings. The molecule has 0 radical (unpaired) electrons. The minimum atomic E-state index is -0.965. The van der Waals surface area contributed by atoms with Crippen LogP contribution < -0.4 is 10.6 Å². The number of aromatic carboxylic acids is 1. The maximum Gasteiger partial charge on any atom is 0.356 e. The summed E-state index contributed by atoms with van der Waals surface area (Å²) < 4.78 is 1.61.